The Morgan fingerprint density at radius 2 is 2.00 bits per heavy atom. The second-order valence-corrected chi connectivity index (χ2v) is 2.05. The molecule has 0 rings (SSSR count). The van der Waals surface area contributed by atoms with Crippen LogP contribution in [-0.4, -0.2) is 18.2 Å². The predicted molar refractivity (Wildman–Crippen MR) is 31.9 cm³/mol. The van der Waals surface area contributed by atoms with Gasteiger partial charge in [0.05, 0.1) is 0 Å². The SMILES string of the molecule is CCC(OC(C)=O)C(F)(F)F. The number of carbonyl (C=O) groups excluding carboxylic acids is 1. The second-order valence-electron chi connectivity index (χ2n) is 2.05. The van der Waals surface area contributed by atoms with Crippen LogP contribution < -0.4 is 0 Å². The van der Waals surface area contributed by atoms with Gasteiger partial charge in [-0.3, -0.25) is 4.79 Å². The van der Waals surface area contributed by atoms with Crippen LogP contribution >= 0.6 is 0 Å². The maximum atomic E-state index is 11.8. The van der Waals surface area contributed by atoms with Crippen molar-refractivity contribution < 1.29 is 22.7 Å². The predicted octanol–water partition coefficient (Wildman–Crippen LogP) is 1.89. The van der Waals surface area contributed by atoms with Crippen LogP contribution in [0.5, 0.6) is 0 Å². The average molecular weight is 170 g/mol. The van der Waals surface area contributed by atoms with E-state index in [9.17, 15) is 18.0 Å². The molecule has 1 unspecified atom stereocenters. The van der Waals surface area contributed by atoms with Crippen molar-refractivity contribution in [1.82, 2.24) is 0 Å². The first-order valence-electron chi connectivity index (χ1n) is 3.11. The Morgan fingerprint density at radius 3 is 2.09 bits per heavy atom. The average Bonchev–Trinajstić information content (AvgIpc) is 1.79. The van der Waals surface area contributed by atoms with E-state index in [1.54, 1.807) is 0 Å². The highest BCUT2D eigenvalue weighted by molar-refractivity contribution is 5.66. The highest BCUT2D eigenvalue weighted by Crippen LogP contribution is 2.24. The van der Waals surface area contributed by atoms with E-state index in [-0.39, 0.29) is 6.42 Å². The number of halogens is 3. The minimum Gasteiger partial charge on any atom is -0.453 e. The van der Waals surface area contributed by atoms with E-state index >= 15 is 0 Å². The summed E-state index contributed by atoms with van der Waals surface area (Å²) in [5.41, 5.74) is 0. The van der Waals surface area contributed by atoms with Crippen molar-refractivity contribution in [1.29, 1.82) is 0 Å². The molecule has 1 atom stereocenters. The molecule has 0 saturated heterocycles. The number of carbonyl (C=O) groups is 1. The fraction of sp³-hybridized carbons (Fsp3) is 0.833. The van der Waals surface area contributed by atoms with E-state index in [0.29, 0.717) is 0 Å². The molecule has 0 N–H and O–H groups in total. The van der Waals surface area contributed by atoms with Gasteiger partial charge in [-0.1, -0.05) is 6.92 Å². The molecule has 66 valence electrons. The minimum atomic E-state index is -4.44. The molecule has 0 aromatic heterocycles. The summed E-state index contributed by atoms with van der Waals surface area (Å²) in [5, 5.41) is 0. The van der Waals surface area contributed by atoms with Gasteiger partial charge in [0.2, 0.25) is 0 Å². The molecular formula is C6H9F3O2. The highest BCUT2D eigenvalue weighted by atomic mass is 19.4. The lowest BCUT2D eigenvalue weighted by Gasteiger charge is -2.17. The molecule has 0 aromatic rings. The molecule has 0 radical (unpaired) electrons. The number of alkyl halides is 3. The molecule has 11 heavy (non-hydrogen) atoms. The van der Waals surface area contributed by atoms with Gasteiger partial charge in [-0.15, -0.1) is 0 Å². The highest BCUT2D eigenvalue weighted by Gasteiger charge is 2.40. The van der Waals surface area contributed by atoms with Crippen LogP contribution in [0.4, 0.5) is 13.2 Å². The van der Waals surface area contributed by atoms with E-state index < -0.39 is 18.2 Å². The molecule has 0 bridgehead atoms. The fourth-order valence-electron chi connectivity index (χ4n) is 0.582. The lowest BCUT2D eigenvalue weighted by molar-refractivity contribution is -0.220. The van der Waals surface area contributed by atoms with Crippen molar-refractivity contribution in [2.75, 3.05) is 0 Å². The molecule has 0 spiro atoms. The topological polar surface area (TPSA) is 26.3 Å². The Balaban J connectivity index is 4.07. The molecule has 0 aliphatic heterocycles. The van der Waals surface area contributed by atoms with Gasteiger partial charge >= 0.3 is 12.1 Å². The molecule has 0 aromatic carbocycles. The van der Waals surface area contributed by atoms with Crippen LogP contribution in [0.25, 0.3) is 0 Å². The van der Waals surface area contributed by atoms with Crippen molar-refractivity contribution >= 4 is 5.97 Å². The first kappa shape index (κ1) is 10.3. The quantitative estimate of drug-likeness (QED) is 0.591. The third-order valence-corrected chi connectivity index (χ3v) is 1.04. The number of rotatable bonds is 2. The monoisotopic (exact) mass is 170 g/mol. The van der Waals surface area contributed by atoms with Crippen molar-refractivity contribution in [2.24, 2.45) is 0 Å². The van der Waals surface area contributed by atoms with Crippen molar-refractivity contribution in [3.8, 4) is 0 Å². The first-order chi connectivity index (χ1) is 4.88. The largest absolute Gasteiger partial charge is 0.453 e. The van der Waals surface area contributed by atoms with Crippen LogP contribution in [0.3, 0.4) is 0 Å². The second kappa shape index (κ2) is 3.59. The summed E-state index contributed by atoms with van der Waals surface area (Å²) in [7, 11) is 0. The smallest absolute Gasteiger partial charge is 0.425 e. The zero-order valence-electron chi connectivity index (χ0n) is 6.23. The van der Waals surface area contributed by atoms with Gasteiger partial charge in [-0.05, 0) is 6.42 Å². The van der Waals surface area contributed by atoms with Crippen molar-refractivity contribution in [3.05, 3.63) is 0 Å². The number of hydrogen-bond acceptors (Lipinski definition) is 2. The maximum absolute atomic E-state index is 11.8. The third-order valence-electron chi connectivity index (χ3n) is 1.04. The molecule has 0 aliphatic carbocycles. The van der Waals surface area contributed by atoms with Crippen LogP contribution in [0.1, 0.15) is 20.3 Å². The lowest BCUT2D eigenvalue weighted by Crippen LogP contribution is -2.32. The molecule has 0 heterocycles. The van der Waals surface area contributed by atoms with E-state index in [2.05, 4.69) is 4.74 Å². The van der Waals surface area contributed by atoms with Crippen LogP contribution in [-0.2, 0) is 9.53 Å². The Kier molecular flexibility index (Phi) is 3.35. The first-order valence-corrected chi connectivity index (χ1v) is 3.11. The van der Waals surface area contributed by atoms with Crippen LogP contribution in [0.2, 0.25) is 0 Å². The fourth-order valence-corrected chi connectivity index (χ4v) is 0.582. The van der Waals surface area contributed by atoms with E-state index in [1.165, 1.54) is 6.92 Å². The van der Waals surface area contributed by atoms with Gasteiger partial charge < -0.3 is 4.74 Å². The summed E-state index contributed by atoms with van der Waals surface area (Å²) in [5.74, 6) is -0.908. The van der Waals surface area contributed by atoms with Crippen LogP contribution in [0, 0.1) is 0 Å². The van der Waals surface area contributed by atoms with Gasteiger partial charge in [-0.25, -0.2) is 0 Å². The van der Waals surface area contributed by atoms with E-state index in [0.717, 1.165) is 6.92 Å². The number of ether oxygens (including phenoxy) is 1. The van der Waals surface area contributed by atoms with Crippen molar-refractivity contribution in [3.63, 3.8) is 0 Å². The molecule has 5 heteroatoms. The molecule has 0 aliphatic rings. The van der Waals surface area contributed by atoms with Crippen LogP contribution in [0.15, 0.2) is 0 Å². The summed E-state index contributed by atoms with van der Waals surface area (Å²) in [6, 6.07) is 0. The molecule has 0 fully saturated rings. The number of esters is 1. The van der Waals surface area contributed by atoms with Crippen molar-refractivity contribution in [2.45, 2.75) is 32.5 Å². The van der Waals surface area contributed by atoms with Gasteiger partial charge in [0, 0.05) is 6.92 Å². The summed E-state index contributed by atoms with van der Waals surface area (Å²) in [4.78, 5) is 10.1. The molecule has 0 saturated carbocycles. The van der Waals surface area contributed by atoms with Gasteiger partial charge in [0.15, 0.2) is 6.10 Å². The number of hydrogen-bond donors (Lipinski definition) is 0. The van der Waals surface area contributed by atoms with Gasteiger partial charge in [0.25, 0.3) is 0 Å². The van der Waals surface area contributed by atoms with E-state index in [1.807, 2.05) is 0 Å². The third kappa shape index (κ3) is 3.85. The normalized spacial score (nSPS) is 14.3. The Morgan fingerprint density at radius 1 is 1.55 bits per heavy atom. The Bertz CT molecular complexity index is 141. The Labute approximate surface area is 62.3 Å². The minimum absolute atomic E-state index is 0.247. The Hall–Kier alpha value is -0.740. The summed E-state index contributed by atoms with van der Waals surface area (Å²) in [6.07, 6.45) is -6.65. The molecule has 0 amide bonds. The summed E-state index contributed by atoms with van der Waals surface area (Å²) >= 11 is 0. The standard InChI is InChI=1S/C6H9F3O2/c1-3-5(6(7,8)9)11-4(2)10/h5H,3H2,1-2H3. The summed E-state index contributed by atoms with van der Waals surface area (Å²) in [6.45, 7) is 2.26. The summed E-state index contributed by atoms with van der Waals surface area (Å²) < 4.78 is 39.4. The molecule has 2 nitrogen and oxygen atoms in total. The van der Waals surface area contributed by atoms with Gasteiger partial charge in [-0.2, -0.15) is 13.2 Å². The van der Waals surface area contributed by atoms with E-state index in [4.69, 9.17) is 0 Å². The zero-order chi connectivity index (χ0) is 9.07. The maximum Gasteiger partial charge on any atom is 0.425 e. The lowest BCUT2D eigenvalue weighted by atomic mass is 10.3. The van der Waals surface area contributed by atoms with Gasteiger partial charge in [0.1, 0.15) is 0 Å². The molecular weight excluding hydrogens is 161 g/mol. The zero-order valence-corrected chi connectivity index (χ0v) is 6.23.